The molecule has 0 radical (unpaired) electrons. The van der Waals surface area contributed by atoms with Crippen LogP contribution in [0.25, 0.3) is 10.6 Å². The van der Waals surface area contributed by atoms with Crippen LogP contribution in [0.15, 0.2) is 29.6 Å². The topological polar surface area (TPSA) is 59.5 Å². The van der Waals surface area contributed by atoms with Gasteiger partial charge in [-0.05, 0) is 56.9 Å². The number of benzene rings is 1. The van der Waals surface area contributed by atoms with Gasteiger partial charge in [0.15, 0.2) is 0 Å². The Bertz CT molecular complexity index is 861. The van der Waals surface area contributed by atoms with Crippen molar-refractivity contribution in [2.45, 2.75) is 57.9 Å². The highest BCUT2D eigenvalue weighted by molar-refractivity contribution is 7.13. The van der Waals surface area contributed by atoms with Gasteiger partial charge in [0.05, 0.1) is 18.7 Å². The van der Waals surface area contributed by atoms with Gasteiger partial charge in [0.2, 0.25) is 5.91 Å². The predicted molar refractivity (Wildman–Crippen MR) is 114 cm³/mol. The van der Waals surface area contributed by atoms with E-state index in [1.165, 1.54) is 0 Å². The summed E-state index contributed by atoms with van der Waals surface area (Å²) >= 11 is 1.56. The first-order chi connectivity index (χ1) is 14.2. The van der Waals surface area contributed by atoms with Crippen LogP contribution in [0.4, 0.5) is 0 Å². The van der Waals surface area contributed by atoms with Crippen LogP contribution in [-0.2, 0) is 16.0 Å². The number of thiazole rings is 1. The van der Waals surface area contributed by atoms with Crippen LogP contribution in [0.2, 0.25) is 0 Å². The number of aromatic nitrogens is 1. The van der Waals surface area contributed by atoms with Gasteiger partial charge in [-0.1, -0.05) is 6.42 Å². The molecule has 2 fully saturated rings. The summed E-state index contributed by atoms with van der Waals surface area (Å²) in [5, 5.41) is 2.89. The van der Waals surface area contributed by atoms with E-state index in [1.54, 1.807) is 11.3 Å². The second-order valence-electron chi connectivity index (χ2n) is 7.89. The molecule has 1 aromatic carbocycles. The summed E-state index contributed by atoms with van der Waals surface area (Å²) in [5.74, 6) is 1.35. The van der Waals surface area contributed by atoms with Gasteiger partial charge >= 0.3 is 0 Å². The lowest BCUT2D eigenvalue weighted by molar-refractivity contribution is -0.135. The zero-order chi connectivity index (χ0) is 20.2. The van der Waals surface area contributed by atoms with Crippen LogP contribution < -0.4 is 4.74 Å². The summed E-state index contributed by atoms with van der Waals surface area (Å²) < 4.78 is 5.49. The van der Waals surface area contributed by atoms with E-state index in [2.05, 4.69) is 4.98 Å². The van der Waals surface area contributed by atoms with Crippen LogP contribution in [-0.4, -0.2) is 40.8 Å². The van der Waals surface area contributed by atoms with Crippen LogP contribution in [0.3, 0.4) is 0 Å². The third-order valence-corrected chi connectivity index (χ3v) is 6.92. The van der Waals surface area contributed by atoms with Crippen molar-refractivity contribution in [2.75, 3.05) is 13.2 Å². The molecular weight excluding hydrogens is 384 g/mol. The SMILES string of the molecule is CCOc1ccc(-c2nc(CC(=O)N3CCC[C@H]3[C@H]3CCCCC3=O)cs2)cc1. The molecule has 2 heterocycles. The molecule has 2 aliphatic rings. The number of nitrogens with zero attached hydrogens (tertiary/aromatic N) is 2. The zero-order valence-corrected chi connectivity index (χ0v) is 17.7. The summed E-state index contributed by atoms with van der Waals surface area (Å²) in [6.45, 7) is 3.38. The van der Waals surface area contributed by atoms with Gasteiger partial charge in [0.1, 0.15) is 16.5 Å². The molecule has 0 bridgehead atoms. The average Bonchev–Trinajstić information content (AvgIpc) is 3.39. The molecular formula is C23H28N2O3S. The third kappa shape index (κ3) is 4.53. The van der Waals surface area contributed by atoms with E-state index in [4.69, 9.17) is 4.74 Å². The first-order valence-electron chi connectivity index (χ1n) is 10.7. The van der Waals surface area contributed by atoms with Gasteiger partial charge in [-0.15, -0.1) is 11.3 Å². The molecule has 0 unspecified atom stereocenters. The molecule has 0 N–H and O–H groups in total. The Labute approximate surface area is 176 Å². The van der Waals surface area contributed by atoms with E-state index >= 15 is 0 Å². The Morgan fingerprint density at radius 1 is 1.21 bits per heavy atom. The van der Waals surface area contributed by atoms with E-state index in [9.17, 15) is 9.59 Å². The minimum absolute atomic E-state index is 0.0463. The van der Waals surface area contributed by atoms with Gasteiger partial charge < -0.3 is 9.64 Å². The van der Waals surface area contributed by atoms with Gasteiger partial charge in [-0.25, -0.2) is 4.98 Å². The predicted octanol–water partition coefficient (Wildman–Crippen LogP) is 4.50. The number of carbonyl (C=O) groups is 2. The van der Waals surface area contributed by atoms with Crippen LogP contribution in [0.1, 0.15) is 51.1 Å². The van der Waals surface area contributed by atoms with E-state index in [1.807, 2.05) is 41.5 Å². The molecule has 1 saturated carbocycles. The number of amides is 1. The molecule has 0 spiro atoms. The second kappa shape index (κ2) is 9.08. The molecule has 4 rings (SSSR count). The average molecular weight is 413 g/mol. The third-order valence-electron chi connectivity index (χ3n) is 5.98. The van der Waals surface area contributed by atoms with Crippen molar-refractivity contribution in [3.63, 3.8) is 0 Å². The first kappa shape index (κ1) is 20.1. The summed E-state index contributed by atoms with van der Waals surface area (Å²) in [6.07, 6.45) is 5.98. The Balaban J connectivity index is 1.41. The van der Waals surface area contributed by atoms with Crippen LogP contribution in [0, 0.1) is 5.92 Å². The molecule has 2 aromatic rings. The van der Waals surface area contributed by atoms with Crippen molar-refractivity contribution < 1.29 is 14.3 Å². The lowest BCUT2D eigenvalue weighted by atomic mass is 9.82. The highest BCUT2D eigenvalue weighted by Gasteiger charge is 2.38. The summed E-state index contributed by atoms with van der Waals surface area (Å²) in [7, 11) is 0. The van der Waals surface area contributed by atoms with Gasteiger partial charge in [0.25, 0.3) is 0 Å². The van der Waals surface area contributed by atoms with Crippen molar-refractivity contribution in [3.05, 3.63) is 35.3 Å². The minimum atomic E-state index is 0.0463. The number of carbonyl (C=O) groups excluding carboxylic acids is 2. The maximum absolute atomic E-state index is 13.0. The standard InChI is InChI=1S/C23H28N2O3S/c1-2-28-18-11-9-16(10-12-18)23-24-17(15-29-23)14-22(27)25-13-5-7-20(25)19-6-3-4-8-21(19)26/h9-12,15,19-20H,2-8,13-14H2,1H3/t19-,20+/m1/s1. The van der Waals surface area contributed by atoms with Gasteiger partial charge in [0, 0.05) is 35.9 Å². The Morgan fingerprint density at radius 2 is 2.03 bits per heavy atom. The molecule has 1 aliphatic heterocycles. The van der Waals surface area contributed by atoms with Crippen molar-refractivity contribution in [2.24, 2.45) is 5.92 Å². The van der Waals surface area contributed by atoms with Crippen LogP contribution in [0.5, 0.6) is 5.75 Å². The van der Waals surface area contributed by atoms with E-state index in [0.717, 1.165) is 60.7 Å². The Morgan fingerprint density at radius 3 is 2.79 bits per heavy atom. The Hall–Kier alpha value is -2.21. The second-order valence-corrected chi connectivity index (χ2v) is 8.75. The number of ketones is 1. The summed E-state index contributed by atoms with van der Waals surface area (Å²) in [6, 6.07) is 7.99. The number of hydrogen-bond acceptors (Lipinski definition) is 5. The van der Waals surface area contributed by atoms with E-state index < -0.39 is 0 Å². The zero-order valence-electron chi connectivity index (χ0n) is 16.9. The van der Waals surface area contributed by atoms with Crippen molar-refractivity contribution in [1.29, 1.82) is 0 Å². The Kier molecular flexibility index (Phi) is 6.28. The van der Waals surface area contributed by atoms with Crippen molar-refractivity contribution in [3.8, 4) is 16.3 Å². The summed E-state index contributed by atoms with van der Waals surface area (Å²) in [4.78, 5) is 32.0. The maximum Gasteiger partial charge on any atom is 0.228 e. The van der Waals surface area contributed by atoms with Gasteiger partial charge in [-0.3, -0.25) is 9.59 Å². The fraction of sp³-hybridized carbons (Fsp3) is 0.522. The molecule has 2 atom stereocenters. The number of hydrogen-bond donors (Lipinski definition) is 0. The monoisotopic (exact) mass is 412 g/mol. The number of ether oxygens (including phenoxy) is 1. The molecule has 1 amide bonds. The number of likely N-dealkylation sites (tertiary alicyclic amines) is 1. The smallest absolute Gasteiger partial charge is 0.228 e. The largest absolute Gasteiger partial charge is 0.494 e. The minimum Gasteiger partial charge on any atom is -0.494 e. The molecule has 5 nitrogen and oxygen atoms in total. The molecule has 1 saturated heterocycles. The molecule has 29 heavy (non-hydrogen) atoms. The number of Topliss-reactive ketones (excluding diaryl/α,β-unsaturated/α-hetero) is 1. The summed E-state index contributed by atoms with van der Waals surface area (Å²) in [5.41, 5.74) is 1.84. The molecule has 1 aliphatic carbocycles. The van der Waals surface area contributed by atoms with E-state index in [0.29, 0.717) is 25.2 Å². The molecule has 154 valence electrons. The van der Waals surface area contributed by atoms with E-state index in [-0.39, 0.29) is 17.9 Å². The van der Waals surface area contributed by atoms with Crippen LogP contribution >= 0.6 is 11.3 Å². The fourth-order valence-electron chi connectivity index (χ4n) is 4.57. The normalized spacial score (nSPS) is 22.1. The molecule has 1 aromatic heterocycles. The first-order valence-corrected chi connectivity index (χ1v) is 11.5. The molecule has 6 heteroatoms. The lowest BCUT2D eigenvalue weighted by Crippen LogP contribution is -2.44. The van der Waals surface area contributed by atoms with Crippen molar-refractivity contribution >= 4 is 23.0 Å². The quantitative estimate of drug-likeness (QED) is 0.701. The fourth-order valence-corrected chi connectivity index (χ4v) is 5.40. The van der Waals surface area contributed by atoms with Crippen molar-refractivity contribution in [1.82, 2.24) is 9.88 Å². The van der Waals surface area contributed by atoms with Gasteiger partial charge in [-0.2, -0.15) is 0 Å². The highest BCUT2D eigenvalue weighted by Crippen LogP contribution is 2.33. The number of rotatable bonds is 6. The maximum atomic E-state index is 13.0. The highest BCUT2D eigenvalue weighted by atomic mass is 32.1. The lowest BCUT2D eigenvalue weighted by Gasteiger charge is -2.33.